The lowest BCUT2D eigenvalue weighted by Gasteiger charge is -2.32. The van der Waals surface area contributed by atoms with Crippen LogP contribution in [0.15, 0.2) is 79.1 Å². The van der Waals surface area contributed by atoms with Gasteiger partial charge in [0.15, 0.2) is 0 Å². The first-order valence-electron chi connectivity index (χ1n) is 12.2. The van der Waals surface area contributed by atoms with Gasteiger partial charge >= 0.3 is 6.03 Å². The molecule has 1 fully saturated rings. The van der Waals surface area contributed by atoms with Crippen LogP contribution in [0.25, 0.3) is 0 Å². The number of carbonyl (C=O) groups excluding carboxylic acids is 1. The van der Waals surface area contributed by atoms with E-state index in [0.717, 1.165) is 48.2 Å². The Morgan fingerprint density at radius 2 is 1.80 bits per heavy atom. The van der Waals surface area contributed by atoms with E-state index in [1.165, 1.54) is 0 Å². The predicted molar refractivity (Wildman–Crippen MR) is 139 cm³/mol. The molecule has 0 spiro atoms. The van der Waals surface area contributed by atoms with E-state index >= 15 is 0 Å². The number of benzene rings is 2. The van der Waals surface area contributed by atoms with Crippen LogP contribution < -0.4 is 10.6 Å². The van der Waals surface area contributed by atoms with Crippen LogP contribution in [0.5, 0.6) is 0 Å². The molecule has 6 heteroatoms. The molecule has 0 saturated carbocycles. The lowest BCUT2D eigenvalue weighted by Crippen LogP contribution is -2.43. The van der Waals surface area contributed by atoms with Gasteiger partial charge in [0, 0.05) is 54.3 Å². The Bertz CT molecular complexity index is 1120. The zero-order chi connectivity index (χ0) is 24.3. The van der Waals surface area contributed by atoms with Gasteiger partial charge in [-0.05, 0) is 67.8 Å². The molecule has 0 radical (unpaired) electrons. The average Bonchev–Trinajstić information content (AvgIpc) is 2.91. The number of rotatable bonds is 3. The van der Waals surface area contributed by atoms with E-state index in [4.69, 9.17) is 0 Å². The number of nitrogens with one attached hydrogen (secondary N) is 2. The van der Waals surface area contributed by atoms with Crippen LogP contribution in [0.4, 0.5) is 10.5 Å². The number of aromatic nitrogens is 1. The van der Waals surface area contributed by atoms with E-state index in [1.54, 1.807) is 12.4 Å². The summed E-state index contributed by atoms with van der Waals surface area (Å²) in [6.45, 7) is 2.18. The fraction of sp³-hybridized carbons (Fsp3) is 0.310. The molecule has 3 aromatic rings. The molecule has 4 rings (SSSR count). The zero-order valence-corrected chi connectivity index (χ0v) is 19.9. The lowest BCUT2D eigenvalue weighted by atomic mass is 9.87. The van der Waals surface area contributed by atoms with Crippen LogP contribution in [0.2, 0.25) is 0 Å². The second-order valence-corrected chi connectivity index (χ2v) is 8.74. The van der Waals surface area contributed by atoms with Gasteiger partial charge in [0.25, 0.3) is 0 Å². The summed E-state index contributed by atoms with van der Waals surface area (Å²) < 4.78 is 0. The van der Waals surface area contributed by atoms with Gasteiger partial charge in [-0.15, -0.1) is 0 Å². The molecule has 2 aromatic carbocycles. The highest BCUT2D eigenvalue weighted by Gasteiger charge is 2.25. The molecule has 1 aromatic heterocycles. The Morgan fingerprint density at radius 1 is 1.00 bits per heavy atom. The fourth-order valence-electron chi connectivity index (χ4n) is 4.38. The smallest absolute Gasteiger partial charge is 0.321 e. The Kier molecular flexibility index (Phi) is 8.88. The lowest BCUT2D eigenvalue weighted by molar-refractivity contribution is 0.189. The number of anilines is 1. The van der Waals surface area contributed by atoms with Gasteiger partial charge in [-0.25, -0.2) is 4.79 Å². The number of hydrogen-bond donors (Lipinski definition) is 3. The maximum absolute atomic E-state index is 13.0. The SMILES string of the molecule is O=C(Nc1ccccc1)N1CCCCNC(CO)[C@H](c2ccc(C#Cc3cccnc3)cc2)CC1. The van der Waals surface area contributed by atoms with Gasteiger partial charge in [0.05, 0.1) is 6.61 Å². The second kappa shape index (κ2) is 12.7. The minimum absolute atomic E-state index is 0.0451. The van der Waals surface area contributed by atoms with Crippen LogP contribution in [0, 0.1) is 11.8 Å². The molecule has 2 amide bonds. The number of aliphatic hydroxyl groups excluding tert-OH is 1. The highest BCUT2D eigenvalue weighted by Crippen LogP contribution is 2.26. The molecule has 0 aliphatic carbocycles. The Hall–Kier alpha value is -3.66. The summed E-state index contributed by atoms with van der Waals surface area (Å²) in [5, 5.41) is 16.7. The molecule has 1 aliphatic heterocycles. The Morgan fingerprint density at radius 3 is 2.54 bits per heavy atom. The summed E-state index contributed by atoms with van der Waals surface area (Å²) in [6.07, 6.45) is 6.10. The van der Waals surface area contributed by atoms with E-state index in [0.29, 0.717) is 13.1 Å². The van der Waals surface area contributed by atoms with Crippen LogP contribution in [-0.4, -0.2) is 53.3 Å². The average molecular weight is 469 g/mol. The second-order valence-electron chi connectivity index (χ2n) is 8.74. The van der Waals surface area contributed by atoms with E-state index in [1.807, 2.05) is 59.5 Å². The van der Waals surface area contributed by atoms with Crippen molar-refractivity contribution in [3.8, 4) is 11.8 Å². The van der Waals surface area contributed by atoms with Crippen molar-refractivity contribution in [3.63, 3.8) is 0 Å². The molecular formula is C29H32N4O2. The number of nitrogens with zero attached hydrogens (tertiary/aromatic N) is 2. The summed E-state index contributed by atoms with van der Waals surface area (Å²) in [4.78, 5) is 19.0. The first-order valence-corrected chi connectivity index (χ1v) is 12.2. The molecule has 180 valence electrons. The van der Waals surface area contributed by atoms with Crippen molar-refractivity contribution in [3.05, 3.63) is 95.8 Å². The van der Waals surface area contributed by atoms with Crippen molar-refractivity contribution in [2.45, 2.75) is 31.2 Å². The molecule has 1 unspecified atom stereocenters. The molecule has 6 nitrogen and oxygen atoms in total. The standard InChI is InChI=1S/C29H32N4O2/c34-22-28-27(25-14-12-23(13-15-25)10-11-24-7-6-17-30-21-24)16-20-33(19-5-4-18-31-28)29(35)32-26-8-2-1-3-9-26/h1-3,6-9,12-15,17,21,27-28,31,34H,4-5,16,18-20,22H2,(H,32,35)/t27-,28?/m0/s1. The first-order chi connectivity index (χ1) is 17.2. The molecule has 35 heavy (non-hydrogen) atoms. The van der Waals surface area contributed by atoms with E-state index in [9.17, 15) is 9.90 Å². The van der Waals surface area contributed by atoms with Crippen LogP contribution in [-0.2, 0) is 0 Å². The van der Waals surface area contributed by atoms with Crippen molar-refractivity contribution < 1.29 is 9.90 Å². The maximum atomic E-state index is 13.0. The third-order valence-electron chi connectivity index (χ3n) is 6.32. The zero-order valence-electron chi connectivity index (χ0n) is 19.9. The summed E-state index contributed by atoms with van der Waals surface area (Å²) in [7, 11) is 0. The van der Waals surface area contributed by atoms with Crippen LogP contribution >= 0.6 is 0 Å². The normalized spacial score (nSPS) is 18.7. The molecule has 3 N–H and O–H groups in total. The monoisotopic (exact) mass is 468 g/mol. The largest absolute Gasteiger partial charge is 0.395 e. The number of hydrogen-bond acceptors (Lipinski definition) is 4. The third-order valence-corrected chi connectivity index (χ3v) is 6.32. The van der Waals surface area contributed by atoms with Gasteiger partial charge in [-0.3, -0.25) is 4.98 Å². The number of urea groups is 1. The van der Waals surface area contributed by atoms with Crippen LogP contribution in [0.1, 0.15) is 41.9 Å². The fourth-order valence-corrected chi connectivity index (χ4v) is 4.38. The predicted octanol–water partition coefficient (Wildman–Crippen LogP) is 4.23. The van der Waals surface area contributed by atoms with E-state index < -0.39 is 0 Å². The first kappa shape index (κ1) is 24.5. The molecule has 0 bridgehead atoms. The maximum Gasteiger partial charge on any atom is 0.321 e. The Labute approximate surface area is 207 Å². The number of carbonyl (C=O) groups is 1. The molecule has 2 heterocycles. The Balaban J connectivity index is 1.48. The number of amides is 2. The van der Waals surface area contributed by atoms with Crippen molar-refractivity contribution in [1.82, 2.24) is 15.2 Å². The summed E-state index contributed by atoms with van der Waals surface area (Å²) >= 11 is 0. The molecule has 1 aliphatic rings. The topological polar surface area (TPSA) is 77.5 Å². The van der Waals surface area contributed by atoms with Gasteiger partial charge in [0.1, 0.15) is 0 Å². The summed E-state index contributed by atoms with van der Waals surface area (Å²) in [5.74, 6) is 6.40. The number of aliphatic hydroxyl groups is 1. The highest BCUT2D eigenvalue weighted by atomic mass is 16.3. The minimum Gasteiger partial charge on any atom is -0.395 e. The third kappa shape index (κ3) is 7.16. The summed E-state index contributed by atoms with van der Waals surface area (Å²) in [6, 6.07) is 21.4. The van der Waals surface area contributed by atoms with Crippen molar-refractivity contribution in [2.75, 3.05) is 31.6 Å². The molecule has 1 saturated heterocycles. The van der Waals surface area contributed by atoms with Crippen molar-refractivity contribution in [2.24, 2.45) is 0 Å². The van der Waals surface area contributed by atoms with Gasteiger partial charge in [-0.2, -0.15) is 0 Å². The minimum atomic E-state index is -0.0787. The van der Waals surface area contributed by atoms with Crippen molar-refractivity contribution >= 4 is 11.7 Å². The van der Waals surface area contributed by atoms with Gasteiger partial charge in [0.2, 0.25) is 0 Å². The van der Waals surface area contributed by atoms with E-state index in [2.05, 4.69) is 39.6 Å². The van der Waals surface area contributed by atoms with Gasteiger partial charge < -0.3 is 20.6 Å². The highest BCUT2D eigenvalue weighted by molar-refractivity contribution is 5.89. The number of pyridine rings is 1. The van der Waals surface area contributed by atoms with E-state index in [-0.39, 0.29) is 24.6 Å². The quantitative estimate of drug-likeness (QED) is 0.503. The van der Waals surface area contributed by atoms with Gasteiger partial charge in [-0.1, -0.05) is 42.2 Å². The summed E-state index contributed by atoms with van der Waals surface area (Å²) in [5.41, 5.74) is 3.73. The number of para-hydroxylation sites is 1. The molecular weight excluding hydrogens is 436 g/mol. The van der Waals surface area contributed by atoms with Crippen LogP contribution in [0.3, 0.4) is 0 Å². The molecule has 2 atom stereocenters. The van der Waals surface area contributed by atoms with Crippen molar-refractivity contribution in [1.29, 1.82) is 0 Å².